The van der Waals surface area contributed by atoms with Crippen LogP contribution in [0.15, 0.2) is 114 Å². The lowest BCUT2D eigenvalue weighted by molar-refractivity contribution is -0.0779. The highest BCUT2D eigenvalue weighted by molar-refractivity contribution is 6.23. The highest BCUT2D eigenvalue weighted by Crippen LogP contribution is 2.50. The fourth-order valence-corrected chi connectivity index (χ4v) is 4.00. The van der Waals surface area contributed by atoms with Gasteiger partial charge >= 0.3 is 0 Å². The predicted octanol–water partition coefficient (Wildman–Crippen LogP) is 5.57. The van der Waals surface area contributed by atoms with Gasteiger partial charge in [0, 0.05) is 16.7 Å². The molecule has 1 aromatic heterocycles. The minimum atomic E-state index is -1.96. The van der Waals surface area contributed by atoms with Gasteiger partial charge in [0.25, 0.3) is 0 Å². The number of ether oxygens (including phenoxy) is 2. The van der Waals surface area contributed by atoms with E-state index in [1.54, 1.807) is 60.7 Å². The van der Waals surface area contributed by atoms with E-state index in [-0.39, 0.29) is 0 Å². The van der Waals surface area contributed by atoms with Gasteiger partial charge in [-0.15, -0.1) is 0 Å². The van der Waals surface area contributed by atoms with Crippen LogP contribution < -0.4 is 0 Å². The first-order valence-electron chi connectivity index (χ1n) is 10.3. The van der Waals surface area contributed by atoms with Gasteiger partial charge in [-0.05, 0) is 12.1 Å². The quantitative estimate of drug-likeness (QED) is 0.299. The summed E-state index contributed by atoms with van der Waals surface area (Å²) in [5.74, 6) is -0.615. The van der Waals surface area contributed by atoms with Crippen molar-refractivity contribution in [1.29, 1.82) is 0 Å². The van der Waals surface area contributed by atoms with E-state index in [0.29, 0.717) is 22.5 Å². The van der Waals surface area contributed by atoms with Crippen LogP contribution in [0.25, 0.3) is 0 Å². The molecule has 0 spiro atoms. The zero-order valence-corrected chi connectivity index (χ0v) is 17.1. The third kappa shape index (κ3) is 3.38. The van der Waals surface area contributed by atoms with Crippen molar-refractivity contribution in [3.05, 3.63) is 132 Å². The first kappa shape index (κ1) is 20.1. The largest absolute Gasteiger partial charge is 0.466 e. The molecule has 0 bridgehead atoms. The molecule has 5 heteroatoms. The van der Waals surface area contributed by atoms with E-state index in [4.69, 9.17) is 13.9 Å². The summed E-state index contributed by atoms with van der Waals surface area (Å²) in [6.07, 6.45) is -0.506. The number of carbonyl (C=O) groups excluding carboxylic acids is 2. The Kier molecular flexibility index (Phi) is 5.27. The van der Waals surface area contributed by atoms with Crippen molar-refractivity contribution in [2.75, 3.05) is 0 Å². The van der Waals surface area contributed by atoms with E-state index in [2.05, 4.69) is 0 Å². The minimum absolute atomic E-state index is 0.344. The second-order valence-electron chi connectivity index (χ2n) is 7.52. The van der Waals surface area contributed by atoms with Crippen molar-refractivity contribution < 1.29 is 23.5 Å². The van der Waals surface area contributed by atoms with Crippen molar-refractivity contribution in [3.8, 4) is 0 Å². The fourth-order valence-electron chi connectivity index (χ4n) is 4.00. The van der Waals surface area contributed by atoms with Crippen LogP contribution >= 0.6 is 0 Å². The van der Waals surface area contributed by atoms with Crippen LogP contribution in [-0.2, 0) is 9.47 Å². The van der Waals surface area contributed by atoms with Crippen molar-refractivity contribution in [2.24, 2.45) is 0 Å². The molecule has 2 atom stereocenters. The van der Waals surface area contributed by atoms with E-state index in [0.717, 1.165) is 0 Å². The van der Waals surface area contributed by atoms with Crippen LogP contribution in [0.2, 0.25) is 0 Å². The number of benzene rings is 3. The SMILES string of the molecule is O=C(c1ccccc1)C1(C(=O)c2ccccc2)O[C@H](c2ccccc2)O[C@@H]1c1ccco1. The lowest BCUT2D eigenvalue weighted by Gasteiger charge is -2.29. The Morgan fingerprint density at radius 3 is 1.69 bits per heavy atom. The summed E-state index contributed by atoms with van der Waals surface area (Å²) < 4.78 is 18.2. The molecule has 158 valence electrons. The monoisotopic (exact) mass is 424 g/mol. The van der Waals surface area contributed by atoms with Crippen LogP contribution in [0.4, 0.5) is 0 Å². The Labute approximate surface area is 185 Å². The van der Waals surface area contributed by atoms with Gasteiger partial charge in [0.2, 0.25) is 17.2 Å². The number of ketones is 2. The average Bonchev–Trinajstić information content (AvgIpc) is 3.53. The number of hydrogen-bond donors (Lipinski definition) is 0. The first-order valence-corrected chi connectivity index (χ1v) is 10.3. The Hall–Kier alpha value is -3.80. The van der Waals surface area contributed by atoms with Crippen LogP contribution in [0.1, 0.15) is 44.4 Å². The van der Waals surface area contributed by atoms with Crippen molar-refractivity contribution in [1.82, 2.24) is 0 Å². The number of carbonyl (C=O) groups is 2. The lowest BCUT2D eigenvalue weighted by atomic mass is 9.80. The smallest absolute Gasteiger partial charge is 0.229 e. The topological polar surface area (TPSA) is 65.7 Å². The Morgan fingerprint density at radius 2 is 1.19 bits per heavy atom. The highest BCUT2D eigenvalue weighted by atomic mass is 16.7. The molecule has 0 aliphatic carbocycles. The molecule has 0 N–H and O–H groups in total. The molecular formula is C27H20O5. The molecule has 0 unspecified atom stereocenters. The summed E-state index contributed by atoms with van der Waals surface area (Å²) in [5, 5.41) is 0. The summed E-state index contributed by atoms with van der Waals surface area (Å²) >= 11 is 0. The van der Waals surface area contributed by atoms with Gasteiger partial charge in [0.05, 0.1) is 6.26 Å². The molecule has 5 nitrogen and oxygen atoms in total. The van der Waals surface area contributed by atoms with Crippen molar-refractivity contribution in [2.45, 2.75) is 18.0 Å². The summed E-state index contributed by atoms with van der Waals surface area (Å²) in [7, 11) is 0. The maximum absolute atomic E-state index is 14.0. The second-order valence-corrected chi connectivity index (χ2v) is 7.52. The molecular weight excluding hydrogens is 404 g/mol. The number of Topliss-reactive ketones (excluding diaryl/α,β-unsaturated/α-hetero) is 2. The van der Waals surface area contributed by atoms with Crippen LogP contribution in [0.3, 0.4) is 0 Å². The standard InChI is InChI=1S/C27H20O5/c28-23(19-11-4-1-5-12-19)27(24(29)20-13-6-2-7-14-20)25(22-17-10-18-30-22)31-26(32-27)21-15-8-3-9-16-21/h1-18,25-26H/t25-,26-/m1/s1. The minimum Gasteiger partial charge on any atom is -0.466 e. The first-order chi connectivity index (χ1) is 15.7. The third-order valence-electron chi connectivity index (χ3n) is 5.54. The maximum atomic E-state index is 14.0. The second kappa shape index (κ2) is 8.38. The molecule has 1 aliphatic rings. The number of hydrogen-bond acceptors (Lipinski definition) is 5. The molecule has 0 saturated carbocycles. The molecule has 32 heavy (non-hydrogen) atoms. The van der Waals surface area contributed by atoms with Crippen LogP contribution in [0.5, 0.6) is 0 Å². The van der Waals surface area contributed by atoms with Crippen LogP contribution in [-0.4, -0.2) is 17.2 Å². The van der Waals surface area contributed by atoms with Crippen LogP contribution in [0, 0.1) is 0 Å². The average molecular weight is 424 g/mol. The number of furan rings is 1. The molecule has 4 aromatic rings. The summed E-state index contributed by atoms with van der Waals surface area (Å²) in [6, 6.07) is 29.9. The fraction of sp³-hybridized carbons (Fsp3) is 0.111. The lowest BCUT2D eigenvalue weighted by Crippen LogP contribution is -2.50. The molecule has 3 aromatic carbocycles. The van der Waals surface area contributed by atoms with Gasteiger partial charge in [0.1, 0.15) is 5.76 Å². The Morgan fingerprint density at radius 1 is 0.656 bits per heavy atom. The summed E-state index contributed by atoms with van der Waals surface area (Å²) in [6.45, 7) is 0. The summed E-state index contributed by atoms with van der Waals surface area (Å²) in [5.41, 5.74) is -0.551. The van der Waals surface area contributed by atoms with Crippen molar-refractivity contribution in [3.63, 3.8) is 0 Å². The van der Waals surface area contributed by atoms with Gasteiger partial charge in [0.15, 0.2) is 12.4 Å². The molecule has 0 radical (unpaired) electrons. The van der Waals surface area contributed by atoms with E-state index in [1.807, 2.05) is 42.5 Å². The third-order valence-corrected chi connectivity index (χ3v) is 5.54. The highest BCUT2D eigenvalue weighted by Gasteiger charge is 2.62. The molecule has 0 amide bonds. The van der Waals surface area contributed by atoms with E-state index < -0.39 is 29.6 Å². The van der Waals surface area contributed by atoms with E-state index in [1.165, 1.54) is 6.26 Å². The normalized spacial score (nSPS) is 19.5. The zero-order chi connectivity index (χ0) is 22.0. The molecule has 1 aliphatic heterocycles. The van der Waals surface area contributed by atoms with Crippen molar-refractivity contribution >= 4 is 11.6 Å². The maximum Gasteiger partial charge on any atom is 0.229 e. The molecule has 5 rings (SSSR count). The van der Waals surface area contributed by atoms with Gasteiger partial charge in [-0.1, -0.05) is 91.0 Å². The zero-order valence-electron chi connectivity index (χ0n) is 17.1. The van der Waals surface area contributed by atoms with E-state index >= 15 is 0 Å². The van der Waals surface area contributed by atoms with Gasteiger partial charge in [-0.25, -0.2) is 0 Å². The summed E-state index contributed by atoms with van der Waals surface area (Å²) in [4.78, 5) is 28.0. The molecule has 1 saturated heterocycles. The van der Waals surface area contributed by atoms with Gasteiger partial charge in [-0.3, -0.25) is 9.59 Å². The molecule has 2 heterocycles. The Bertz CT molecular complexity index is 1150. The van der Waals surface area contributed by atoms with Gasteiger partial charge < -0.3 is 13.9 Å². The predicted molar refractivity (Wildman–Crippen MR) is 117 cm³/mol. The Balaban J connectivity index is 1.70. The van der Waals surface area contributed by atoms with Gasteiger partial charge in [-0.2, -0.15) is 0 Å². The van der Waals surface area contributed by atoms with E-state index in [9.17, 15) is 9.59 Å². The number of rotatable bonds is 6. The molecule has 1 fully saturated rings.